The Morgan fingerprint density at radius 1 is 1.20 bits per heavy atom. The lowest BCUT2D eigenvalue weighted by atomic mass is 9.78. The van der Waals surface area contributed by atoms with E-state index in [2.05, 4.69) is 0 Å². The first kappa shape index (κ1) is 16.0. The number of rotatable bonds is 3. The van der Waals surface area contributed by atoms with Crippen LogP contribution in [-0.4, -0.2) is 28.8 Å². The summed E-state index contributed by atoms with van der Waals surface area (Å²) >= 11 is 6.26. The number of hydrogen-bond acceptors (Lipinski definition) is 3. The minimum absolute atomic E-state index is 0.398. The van der Waals surface area contributed by atoms with Gasteiger partial charge in [0.05, 0.1) is 11.2 Å². The molecule has 0 spiro atoms. The second-order valence-electron chi connectivity index (χ2n) is 6.16. The molecule has 0 aromatic heterocycles. The summed E-state index contributed by atoms with van der Waals surface area (Å²) in [7, 11) is -1.38. The molecule has 1 heterocycles. The average molecular weight is 315 g/mol. The molecule has 1 fully saturated rings. The number of benzene rings is 1. The topological polar surface area (TPSA) is 35.5 Å². The quantitative estimate of drug-likeness (QED) is 0.804. The molecular weight excluding hydrogens is 294 g/mol. The van der Waals surface area contributed by atoms with E-state index in [4.69, 9.17) is 20.9 Å². The van der Waals surface area contributed by atoms with Gasteiger partial charge < -0.3 is 9.31 Å². The van der Waals surface area contributed by atoms with Gasteiger partial charge in [-0.2, -0.15) is 0 Å². The molecule has 1 atom stereocenters. The highest BCUT2D eigenvalue weighted by atomic mass is 35.5. The van der Waals surface area contributed by atoms with Gasteiger partial charge >= 0.3 is 7.12 Å². The van der Waals surface area contributed by atoms with Crippen molar-refractivity contribution < 1.29 is 13.5 Å². The highest BCUT2D eigenvalue weighted by molar-refractivity contribution is 7.83. The predicted octanol–water partition coefficient (Wildman–Crippen LogP) is 2.52. The maximum atomic E-state index is 11.4. The van der Waals surface area contributed by atoms with Crippen molar-refractivity contribution in [2.24, 2.45) is 0 Å². The maximum Gasteiger partial charge on any atom is 0.496 e. The van der Waals surface area contributed by atoms with Crippen molar-refractivity contribution in [3.8, 4) is 0 Å². The van der Waals surface area contributed by atoms with Crippen LogP contribution in [0, 0.1) is 0 Å². The Bertz CT molecular complexity index is 529. The van der Waals surface area contributed by atoms with Crippen molar-refractivity contribution in [3.63, 3.8) is 0 Å². The minimum Gasteiger partial charge on any atom is -0.399 e. The fraction of sp³-hybridized carbons (Fsp3) is 0.571. The van der Waals surface area contributed by atoms with E-state index < -0.39 is 29.1 Å². The van der Waals surface area contributed by atoms with Gasteiger partial charge in [-0.3, -0.25) is 4.21 Å². The minimum atomic E-state index is -0.888. The Balaban J connectivity index is 2.32. The molecule has 1 aliphatic rings. The molecule has 0 aliphatic carbocycles. The third-order valence-electron chi connectivity index (χ3n) is 3.94. The monoisotopic (exact) mass is 314 g/mol. The lowest BCUT2D eigenvalue weighted by Crippen LogP contribution is -2.41. The summed E-state index contributed by atoms with van der Waals surface area (Å²) in [4.78, 5) is 0. The van der Waals surface area contributed by atoms with E-state index in [1.54, 1.807) is 6.26 Å². The SMILES string of the molecule is CS(=O)Cc1ccc(Cl)c(B2OC(C)(C)C(C)(C)O2)c1. The fourth-order valence-electron chi connectivity index (χ4n) is 2.07. The van der Waals surface area contributed by atoms with Crippen LogP contribution in [0.4, 0.5) is 0 Å². The molecule has 2 rings (SSSR count). The van der Waals surface area contributed by atoms with Crippen molar-refractivity contribution in [2.75, 3.05) is 6.26 Å². The first-order valence-corrected chi connectivity index (χ1v) is 8.67. The van der Waals surface area contributed by atoms with Crippen molar-refractivity contribution in [2.45, 2.75) is 44.6 Å². The van der Waals surface area contributed by atoms with Gasteiger partial charge in [-0.25, -0.2) is 0 Å². The molecule has 0 amide bonds. The molecule has 6 heteroatoms. The molecule has 1 aromatic rings. The summed E-state index contributed by atoms with van der Waals surface area (Å²) in [5, 5.41) is 0.606. The molecular formula is C14H20BClO3S. The first-order chi connectivity index (χ1) is 9.12. The van der Waals surface area contributed by atoms with E-state index in [1.807, 2.05) is 45.9 Å². The zero-order chi connectivity index (χ0) is 15.1. The Hall–Kier alpha value is -0.355. The summed E-state index contributed by atoms with van der Waals surface area (Å²) in [6.07, 6.45) is 1.68. The summed E-state index contributed by atoms with van der Waals surface area (Å²) in [6, 6.07) is 5.62. The second kappa shape index (κ2) is 5.45. The Morgan fingerprint density at radius 2 is 1.75 bits per heavy atom. The number of halogens is 1. The highest BCUT2D eigenvalue weighted by Gasteiger charge is 2.52. The average Bonchev–Trinajstić information content (AvgIpc) is 2.50. The summed E-state index contributed by atoms with van der Waals surface area (Å²) in [6.45, 7) is 8.02. The molecule has 1 aromatic carbocycles. The Labute approximate surface area is 128 Å². The molecule has 1 aliphatic heterocycles. The third kappa shape index (κ3) is 3.11. The fourth-order valence-corrected chi connectivity index (χ4v) is 2.92. The molecule has 0 radical (unpaired) electrons. The smallest absolute Gasteiger partial charge is 0.399 e. The normalized spacial score (nSPS) is 22.0. The maximum absolute atomic E-state index is 11.4. The molecule has 0 N–H and O–H groups in total. The third-order valence-corrected chi connectivity index (χ3v) is 5.02. The highest BCUT2D eigenvalue weighted by Crippen LogP contribution is 2.37. The Morgan fingerprint density at radius 3 is 2.25 bits per heavy atom. The van der Waals surface area contributed by atoms with Gasteiger partial charge in [0.1, 0.15) is 0 Å². The lowest BCUT2D eigenvalue weighted by Gasteiger charge is -2.32. The van der Waals surface area contributed by atoms with Crippen LogP contribution in [0.15, 0.2) is 18.2 Å². The van der Waals surface area contributed by atoms with Crippen LogP contribution in [0.3, 0.4) is 0 Å². The van der Waals surface area contributed by atoms with Crippen LogP contribution in [0.2, 0.25) is 5.02 Å². The van der Waals surface area contributed by atoms with Crippen LogP contribution in [0.5, 0.6) is 0 Å². The van der Waals surface area contributed by atoms with Gasteiger partial charge in [0.2, 0.25) is 0 Å². The summed E-state index contributed by atoms with van der Waals surface area (Å²) < 4.78 is 23.4. The zero-order valence-corrected chi connectivity index (χ0v) is 14.1. The Kier molecular flexibility index (Phi) is 4.36. The zero-order valence-electron chi connectivity index (χ0n) is 12.5. The van der Waals surface area contributed by atoms with Crippen LogP contribution in [-0.2, 0) is 25.9 Å². The van der Waals surface area contributed by atoms with Crippen LogP contribution in [0.25, 0.3) is 0 Å². The van der Waals surface area contributed by atoms with Gasteiger partial charge in [-0.15, -0.1) is 0 Å². The van der Waals surface area contributed by atoms with Crippen LogP contribution >= 0.6 is 11.6 Å². The summed E-state index contributed by atoms with van der Waals surface area (Å²) in [5.74, 6) is 0.504. The molecule has 0 saturated carbocycles. The molecule has 0 bridgehead atoms. The van der Waals surface area contributed by atoms with E-state index in [-0.39, 0.29) is 0 Å². The molecule has 3 nitrogen and oxygen atoms in total. The van der Waals surface area contributed by atoms with Gasteiger partial charge in [0.15, 0.2) is 0 Å². The number of hydrogen-bond donors (Lipinski definition) is 0. The van der Waals surface area contributed by atoms with Crippen LogP contribution < -0.4 is 5.46 Å². The van der Waals surface area contributed by atoms with E-state index in [0.29, 0.717) is 10.8 Å². The van der Waals surface area contributed by atoms with Gasteiger partial charge in [0, 0.05) is 33.3 Å². The molecule has 1 unspecified atom stereocenters. The van der Waals surface area contributed by atoms with E-state index in [1.165, 1.54) is 0 Å². The van der Waals surface area contributed by atoms with Gasteiger partial charge in [-0.1, -0.05) is 23.7 Å². The molecule has 1 saturated heterocycles. The van der Waals surface area contributed by atoms with Gasteiger partial charge in [0.25, 0.3) is 0 Å². The largest absolute Gasteiger partial charge is 0.496 e. The summed E-state index contributed by atoms with van der Waals surface area (Å²) in [5.41, 5.74) is 0.975. The van der Waals surface area contributed by atoms with Crippen molar-refractivity contribution in [3.05, 3.63) is 28.8 Å². The molecule has 110 valence electrons. The predicted molar refractivity (Wildman–Crippen MR) is 84.9 cm³/mol. The van der Waals surface area contributed by atoms with Gasteiger partial charge in [-0.05, 0) is 39.3 Å². The standard InChI is InChI=1S/C14H20BClO3S/c1-13(2)14(3,4)19-15(18-13)11-8-10(9-20(5)17)6-7-12(11)16/h6-8H,9H2,1-5H3. The second-order valence-corrected chi connectivity index (χ2v) is 8.00. The first-order valence-electron chi connectivity index (χ1n) is 6.56. The van der Waals surface area contributed by atoms with E-state index in [0.717, 1.165) is 11.0 Å². The van der Waals surface area contributed by atoms with E-state index >= 15 is 0 Å². The molecule has 20 heavy (non-hydrogen) atoms. The van der Waals surface area contributed by atoms with Crippen LogP contribution in [0.1, 0.15) is 33.3 Å². The van der Waals surface area contributed by atoms with E-state index in [9.17, 15) is 4.21 Å². The van der Waals surface area contributed by atoms with Crippen molar-refractivity contribution in [1.82, 2.24) is 0 Å². The lowest BCUT2D eigenvalue weighted by molar-refractivity contribution is 0.00578. The van der Waals surface area contributed by atoms with Crippen molar-refractivity contribution >= 4 is 35.0 Å². The van der Waals surface area contributed by atoms with Crippen molar-refractivity contribution in [1.29, 1.82) is 0 Å².